The maximum absolute atomic E-state index is 11.1. The number of fused-ring (bicyclic) bond motifs is 1. The van der Waals surface area contributed by atoms with Gasteiger partial charge in [-0.1, -0.05) is 51.2 Å². The molecular weight excluding hydrogens is 834 g/mol. The van der Waals surface area contributed by atoms with Crippen LogP contribution in [0.25, 0.3) is 15.8 Å². The summed E-state index contributed by atoms with van der Waals surface area (Å²) < 4.78 is 10.00. The molecule has 6 aliphatic rings. The van der Waals surface area contributed by atoms with Gasteiger partial charge >= 0.3 is 5.97 Å². The van der Waals surface area contributed by atoms with E-state index in [-0.39, 0.29) is 39.8 Å². The molecule has 338 valence electrons. The molecule has 9 rings (SSSR count). The molecule has 2 unspecified atom stereocenters. The van der Waals surface area contributed by atoms with Gasteiger partial charge in [0.1, 0.15) is 23.2 Å². The molecular formula is C46H64BN9O5S2. The summed E-state index contributed by atoms with van der Waals surface area (Å²) in [7, 11) is 6.15. The van der Waals surface area contributed by atoms with E-state index in [9.17, 15) is 20.4 Å². The van der Waals surface area contributed by atoms with Crippen molar-refractivity contribution >= 4 is 69.5 Å². The van der Waals surface area contributed by atoms with Gasteiger partial charge in [-0.3, -0.25) is 14.9 Å². The van der Waals surface area contributed by atoms with Gasteiger partial charge in [-0.25, -0.2) is 22.5 Å². The van der Waals surface area contributed by atoms with Crippen LogP contribution < -0.4 is 11.1 Å². The van der Waals surface area contributed by atoms with Crippen LogP contribution >= 0.6 is 23.8 Å². The van der Waals surface area contributed by atoms with Gasteiger partial charge in [0, 0.05) is 48.6 Å². The molecule has 2 aromatic heterocycles. The first-order chi connectivity index (χ1) is 30.0. The summed E-state index contributed by atoms with van der Waals surface area (Å²) in [6.07, 6.45) is 13.5. The zero-order valence-electron chi connectivity index (χ0n) is 37.8. The number of aromatic nitrogens is 3. The normalized spacial score (nSPS) is 27.3. The van der Waals surface area contributed by atoms with E-state index in [4.69, 9.17) is 20.7 Å². The molecule has 0 amide bonds. The molecule has 17 heteroatoms. The van der Waals surface area contributed by atoms with Crippen molar-refractivity contribution in [3.63, 3.8) is 0 Å². The van der Waals surface area contributed by atoms with Gasteiger partial charge in [0.05, 0.1) is 35.0 Å². The molecule has 1 aromatic carbocycles. The molecule has 3 aromatic rings. The fraction of sp³-hybridized carbons (Fsp3) is 0.543. The van der Waals surface area contributed by atoms with E-state index in [2.05, 4.69) is 53.4 Å². The van der Waals surface area contributed by atoms with Gasteiger partial charge in [0.15, 0.2) is 7.12 Å². The first kappa shape index (κ1) is 47.9. The average Bonchev–Trinajstić information content (AvgIpc) is 3.81. The number of thiazole rings is 1. The fourth-order valence-electron chi connectivity index (χ4n) is 11.9. The van der Waals surface area contributed by atoms with Crippen molar-refractivity contribution in [1.29, 1.82) is 5.41 Å². The standard InChI is InChI=1S/C44H57N9O5S.C2H6.BHS/c1-27(37(45)50-40-48-32-10-6-7-11-33(32)59-40)29-9-8-15-52(38(29)46)34-13-12-30(36(49-34)39(56)57)31-19-47-53(28(31)2)26-43-21-41(3)20-42(4,22-43)24-44(23-41,25-43)58-18-17-51(5)16-14-35(54)55;2*1-2/h6-7,10-13,19,46,49,56-57H,8-9,14-18,20-26H2,1-5H3,(H,54,55)(H2,45,48,50);1-2H3;2H/b29-27-,46-38?;;. The van der Waals surface area contributed by atoms with Crippen LogP contribution in [0.3, 0.4) is 0 Å². The Morgan fingerprint density at radius 2 is 1.78 bits per heavy atom. The molecule has 4 heterocycles. The van der Waals surface area contributed by atoms with Gasteiger partial charge in [0.2, 0.25) is 5.13 Å². The van der Waals surface area contributed by atoms with Crippen molar-refractivity contribution < 1.29 is 24.9 Å². The highest BCUT2D eigenvalue weighted by molar-refractivity contribution is 8.03. The van der Waals surface area contributed by atoms with Crippen LogP contribution in [0.5, 0.6) is 0 Å². The Labute approximate surface area is 382 Å². The maximum atomic E-state index is 11.1. The molecule has 2 radical (unpaired) electrons. The summed E-state index contributed by atoms with van der Waals surface area (Å²) in [5.74, 6) is -0.483. The number of aliphatic hydroxyl groups is 2. The van der Waals surface area contributed by atoms with Crippen LogP contribution in [-0.4, -0.2) is 104 Å². The Morgan fingerprint density at radius 1 is 1.08 bits per heavy atom. The monoisotopic (exact) mass is 897 g/mol. The number of carboxylic acids is 1. The molecule has 14 nitrogen and oxygen atoms in total. The fourth-order valence-corrected chi connectivity index (χ4v) is 12.7. The molecule has 4 saturated carbocycles. The smallest absolute Gasteiger partial charge is 0.304 e. The highest BCUT2D eigenvalue weighted by Gasteiger charge is 2.66. The Bertz CT molecular complexity index is 2310. The number of carboxylic acid groups (broad SMARTS) is 1. The zero-order valence-corrected chi connectivity index (χ0v) is 39.5. The average molecular weight is 898 g/mol. The minimum atomic E-state index is -0.841. The number of aliphatic imine (C=N–C) groups is 1. The number of benzene rings is 1. The maximum Gasteiger partial charge on any atom is 0.304 e. The molecule has 4 bridgehead atoms. The third-order valence-electron chi connectivity index (χ3n) is 13.3. The Balaban J connectivity index is 0.00000161. The number of hydrogen-bond acceptors (Lipinski definition) is 12. The van der Waals surface area contributed by atoms with Crippen molar-refractivity contribution in [1.82, 2.24) is 29.9 Å². The number of dihydropyridines is 1. The summed E-state index contributed by atoms with van der Waals surface area (Å²) in [5.41, 5.74) is 11.4. The summed E-state index contributed by atoms with van der Waals surface area (Å²) >= 11 is 4.49. The summed E-state index contributed by atoms with van der Waals surface area (Å²) in [5, 5.41) is 48.4. The SMILES string of the molecule is CC.CC(=C1\CCCN(C2=CC=C(c3cnn(CC45CC6(C)CC(C)(C4)CC(OCCN(C)CCC(=O)O)(C6)C5)c3C)C(=C(O)O)N2)C1=N)/C(N)=N\c1nc2ccccc2s1.[B]S. The number of nitrogens with two attached hydrogens (primary N) is 1. The van der Waals surface area contributed by atoms with Crippen molar-refractivity contribution in [2.24, 2.45) is 27.0 Å². The lowest BCUT2D eigenvalue weighted by Crippen LogP contribution is -2.64. The van der Waals surface area contributed by atoms with Crippen LogP contribution in [0.1, 0.15) is 104 Å². The third kappa shape index (κ3) is 10.2. The first-order valence-corrected chi connectivity index (χ1v) is 23.2. The number of carbonyl (C=O) groups is 1. The molecule has 5 fully saturated rings. The number of rotatable bonds is 13. The zero-order chi connectivity index (χ0) is 45.9. The molecule has 4 aliphatic carbocycles. The lowest BCUT2D eigenvalue weighted by atomic mass is 9.39. The molecule has 2 aliphatic heterocycles. The van der Waals surface area contributed by atoms with Gasteiger partial charge in [-0.15, -0.1) is 0 Å². The number of para-hydroxylation sites is 1. The Kier molecular flexibility index (Phi) is 14.6. The minimum absolute atomic E-state index is 0.00790. The van der Waals surface area contributed by atoms with Crippen molar-refractivity contribution in [3.05, 3.63) is 82.5 Å². The number of aliphatic carboxylic acids is 1. The quantitative estimate of drug-likeness (QED) is 0.0285. The van der Waals surface area contributed by atoms with Crippen molar-refractivity contribution in [2.75, 3.05) is 33.3 Å². The second-order valence-electron chi connectivity index (χ2n) is 18.6. The minimum Gasteiger partial charge on any atom is -0.481 e. The van der Waals surface area contributed by atoms with E-state index in [0.29, 0.717) is 55.0 Å². The predicted molar refractivity (Wildman–Crippen MR) is 257 cm³/mol. The second kappa shape index (κ2) is 19.3. The molecule has 2 atom stereocenters. The number of likely N-dealkylation sites (N-methyl/N-ethyl adjacent to an activating group) is 1. The van der Waals surface area contributed by atoms with Gasteiger partial charge < -0.3 is 40.9 Å². The molecule has 7 N–H and O–H groups in total. The van der Waals surface area contributed by atoms with Gasteiger partial charge in [-0.2, -0.15) is 5.10 Å². The van der Waals surface area contributed by atoms with E-state index in [0.717, 1.165) is 77.7 Å². The molecule has 63 heavy (non-hydrogen) atoms. The second-order valence-corrected chi connectivity index (χ2v) is 19.6. The van der Waals surface area contributed by atoms with Crippen molar-refractivity contribution in [2.45, 2.75) is 111 Å². The summed E-state index contributed by atoms with van der Waals surface area (Å²) in [6.45, 7) is 15.8. The number of hydrogen-bond donors (Lipinski definition) is 7. The summed E-state index contributed by atoms with van der Waals surface area (Å²) in [6, 6.07) is 7.85. The third-order valence-corrected chi connectivity index (χ3v) is 14.2. The number of piperidine rings is 1. The number of nitrogens with zero attached hydrogens (tertiary/aromatic N) is 6. The number of aliphatic hydroxyl groups excluding tert-OH is 1. The van der Waals surface area contributed by atoms with E-state index in [1.54, 1.807) is 0 Å². The predicted octanol–water partition coefficient (Wildman–Crippen LogP) is 8.56. The Morgan fingerprint density at radius 3 is 2.44 bits per heavy atom. The number of ether oxygens (including phenoxy) is 1. The number of thiol groups is 1. The highest BCUT2D eigenvalue weighted by atomic mass is 32.1. The van der Waals surface area contributed by atoms with Crippen LogP contribution in [0.15, 0.2) is 76.2 Å². The lowest BCUT2D eigenvalue weighted by molar-refractivity contribution is -0.248. The lowest BCUT2D eigenvalue weighted by Gasteiger charge is -2.69. The molecule has 1 saturated heterocycles. The first-order valence-electron chi connectivity index (χ1n) is 21.9. The van der Waals surface area contributed by atoms with E-state index >= 15 is 0 Å². The number of likely N-dealkylation sites (tertiary alicyclic amines) is 1. The van der Waals surface area contributed by atoms with Crippen LogP contribution in [-0.2, 0) is 16.1 Å². The topological polar surface area (TPSA) is 198 Å². The highest BCUT2D eigenvalue weighted by Crippen LogP contribution is 2.72. The van der Waals surface area contributed by atoms with E-state index in [1.165, 1.54) is 17.8 Å². The van der Waals surface area contributed by atoms with Crippen molar-refractivity contribution in [3.8, 4) is 0 Å². The number of amidine groups is 2. The van der Waals surface area contributed by atoms with E-state index in [1.807, 2.05) is 87.2 Å². The Hall–Kier alpha value is -4.58. The largest absolute Gasteiger partial charge is 0.481 e. The van der Waals surface area contributed by atoms with Crippen LogP contribution in [0.4, 0.5) is 5.13 Å². The van der Waals surface area contributed by atoms with Crippen LogP contribution in [0.2, 0.25) is 0 Å². The van der Waals surface area contributed by atoms with Gasteiger partial charge in [0.25, 0.3) is 5.95 Å². The summed E-state index contributed by atoms with van der Waals surface area (Å²) in [4.78, 5) is 24.2. The number of allylic oxidation sites excluding steroid dienone is 3. The number of nitrogens with one attached hydrogen (secondary N) is 2. The molecule has 0 spiro atoms. The van der Waals surface area contributed by atoms with Gasteiger partial charge in [-0.05, 0) is 118 Å². The van der Waals surface area contributed by atoms with E-state index < -0.39 is 11.9 Å². The van der Waals surface area contributed by atoms with Crippen LogP contribution in [0, 0.1) is 28.6 Å².